The summed E-state index contributed by atoms with van der Waals surface area (Å²) in [7, 11) is 0. The topological polar surface area (TPSA) is 67.8 Å². The molecule has 1 aliphatic rings. The van der Waals surface area contributed by atoms with Gasteiger partial charge in [0, 0.05) is 36.6 Å². The molecule has 0 saturated carbocycles. The van der Waals surface area contributed by atoms with Gasteiger partial charge in [-0.05, 0) is 62.8 Å². The van der Waals surface area contributed by atoms with Crippen molar-refractivity contribution in [3.63, 3.8) is 0 Å². The maximum absolute atomic E-state index is 11.9. The normalized spacial score (nSPS) is 12.7. The molecular formula is C22H30N4O. The molecule has 0 radical (unpaired) electrons. The summed E-state index contributed by atoms with van der Waals surface area (Å²) in [6.07, 6.45) is 12.5. The van der Waals surface area contributed by atoms with E-state index < -0.39 is 0 Å². The fraction of sp³-hybridized carbons (Fsp3) is 0.455. The second-order valence-electron chi connectivity index (χ2n) is 6.41. The molecule has 0 unspecified atom stereocenters. The van der Waals surface area contributed by atoms with Crippen LogP contribution in [0.4, 0.5) is 5.82 Å². The molecule has 2 aromatic heterocycles. The van der Waals surface area contributed by atoms with Crippen LogP contribution in [0.3, 0.4) is 0 Å². The van der Waals surface area contributed by atoms with E-state index in [-0.39, 0.29) is 5.78 Å². The van der Waals surface area contributed by atoms with E-state index in [1.807, 2.05) is 20.8 Å². The van der Waals surface area contributed by atoms with E-state index in [9.17, 15) is 4.79 Å². The van der Waals surface area contributed by atoms with Crippen LogP contribution in [0.5, 0.6) is 0 Å². The van der Waals surface area contributed by atoms with Crippen molar-refractivity contribution < 1.29 is 4.79 Å². The van der Waals surface area contributed by atoms with Crippen molar-refractivity contribution in [1.29, 1.82) is 0 Å². The van der Waals surface area contributed by atoms with Gasteiger partial charge in [-0.15, -0.1) is 0 Å². The van der Waals surface area contributed by atoms with Crippen LogP contribution in [0.15, 0.2) is 30.6 Å². The lowest BCUT2D eigenvalue weighted by Crippen LogP contribution is -2.14. The van der Waals surface area contributed by atoms with Crippen LogP contribution in [0.1, 0.15) is 62.2 Å². The van der Waals surface area contributed by atoms with Gasteiger partial charge in [-0.25, -0.2) is 15.0 Å². The molecule has 0 atom stereocenters. The van der Waals surface area contributed by atoms with Gasteiger partial charge in [0.2, 0.25) is 0 Å². The lowest BCUT2D eigenvalue weighted by Gasteiger charge is -2.17. The standard InChI is InChI=1S/C20H24N4O.C2H6/c1-15-22-13-16(14-23-15)8-11-19(25)7-3-2-6-18-10-9-17-5-4-12-21-20(17)24-18;1-2/h8-11,13-14H,2-7,12H2,1H3,(H,21,24);1-2H3/b11-8+;. The Bertz CT molecular complexity index is 753. The van der Waals surface area contributed by atoms with Gasteiger partial charge in [0.1, 0.15) is 11.6 Å². The minimum atomic E-state index is 0.139. The SMILES string of the molecule is CC.Cc1ncc(/C=C/C(=O)CCCCc2ccc3c(n2)NCCC3)cn1. The molecule has 0 bridgehead atoms. The van der Waals surface area contributed by atoms with Crippen LogP contribution < -0.4 is 5.32 Å². The Hall–Kier alpha value is -2.56. The van der Waals surface area contributed by atoms with Gasteiger partial charge in [-0.2, -0.15) is 0 Å². The smallest absolute Gasteiger partial charge is 0.155 e. The third-order valence-electron chi connectivity index (χ3n) is 4.32. The Morgan fingerprint density at radius 3 is 2.74 bits per heavy atom. The highest BCUT2D eigenvalue weighted by Crippen LogP contribution is 2.20. The summed E-state index contributed by atoms with van der Waals surface area (Å²) < 4.78 is 0. The summed E-state index contributed by atoms with van der Waals surface area (Å²) in [6.45, 7) is 6.85. The number of ketones is 1. The van der Waals surface area contributed by atoms with Crippen molar-refractivity contribution in [3.05, 3.63) is 53.2 Å². The van der Waals surface area contributed by atoms with E-state index in [2.05, 4.69) is 32.4 Å². The van der Waals surface area contributed by atoms with Crippen molar-refractivity contribution in [1.82, 2.24) is 15.0 Å². The molecule has 0 amide bonds. The van der Waals surface area contributed by atoms with E-state index in [4.69, 9.17) is 0 Å². The molecule has 3 rings (SSSR count). The van der Waals surface area contributed by atoms with Crippen LogP contribution in [-0.4, -0.2) is 27.3 Å². The molecule has 0 aliphatic carbocycles. The van der Waals surface area contributed by atoms with Crippen molar-refractivity contribution in [2.75, 3.05) is 11.9 Å². The Labute approximate surface area is 162 Å². The van der Waals surface area contributed by atoms with Crippen LogP contribution in [0, 0.1) is 6.92 Å². The van der Waals surface area contributed by atoms with Crippen LogP contribution in [0.2, 0.25) is 0 Å². The number of nitrogens with one attached hydrogen (secondary N) is 1. The number of rotatable bonds is 7. The first-order chi connectivity index (χ1) is 13.2. The molecule has 5 heteroatoms. The monoisotopic (exact) mass is 366 g/mol. The number of anilines is 1. The molecule has 0 spiro atoms. The average Bonchev–Trinajstić information content (AvgIpc) is 2.72. The highest BCUT2D eigenvalue weighted by Gasteiger charge is 2.10. The maximum atomic E-state index is 11.9. The molecule has 0 fully saturated rings. The first kappa shape index (κ1) is 20.7. The molecule has 3 heterocycles. The number of unbranched alkanes of at least 4 members (excludes halogenated alkanes) is 1. The minimum Gasteiger partial charge on any atom is -0.370 e. The average molecular weight is 367 g/mol. The number of carbonyl (C=O) groups excluding carboxylic acids is 1. The molecule has 5 nitrogen and oxygen atoms in total. The molecular weight excluding hydrogens is 336 g/mol. The van der Waals surface area contributed by atoms with Gasteiger partial charge in [0.25, 0.3) is 0 Å². The Morgan fingerprint density at radius 1 is 1.19 bits per heavy atom. The fourth-order valence-electron chi connectivity index (χ4n) is 2.87. The second-order valence-corrected chi connectivity index (χ2v) is 6.41. The largest absolute Gasteiger partial charge is 0.370 e. The van der Waals surface area contributed by atoms with E-state index in [1.54, 1.807) is 24.5 Å². The lowest BCUT2D eigenvalue weighted by molar-refractivity contribution is -0.114. The highest BCUT2D eigenvalue weighted by atomic mass is 16.1. The number of carbonyl (C=O) groups is 1. The van der Waals surface area contributed by atoms with Crippen molar-refractivity contribution >= 4 is 17.7 Å². The maximum Gasteiger partial charge on any atom is 0.155 e. The third-order valence-corrected chi connectivity index (χ3v) is 4.32. The zero-order chi connectivity index (χ0) is 19.5. The molecule has 1 aliphatic heterocycles. The van der Waals surface area contributed by atoms with Gasteiger partial charge < -0.3 is 5.32 Å². The van der Waals surface area contributed by atoms with Gasteiger partial charge in [-0.3, -0.25) is 4.79 Å². The van der Waals surface area contributed by atoms with Gasteiger partial charge in [-0.1, -0.05) is 19.9 Å². The van der Waals surface area contributed by atoms with E-state index >= 15 is 0 Å². The Balaban J connectivity index is 0.00000126. The van der Waals surface area contributed by atoms with Gasteiger partial charge in [0.15, 0.2) is 5.78 Å². The predicted molar refractivity (Wildman–Crippen MR) is 111 cm³/mol. The predicted octanol–water partition coefficient (Wildman–Crippen LogP) is 4.56. The zero-order valence-electron chi connectivity index (χ0n) is 16.7. The number of pyridine rings is 1. The highest BCUT2D eigenvalue weighted by molar-refractivity contribution is 5.93. The zero-order valence-corrected chi connectivity index (χ0v) is 16.7. The summed E-state index contributed by atoms with van der Waals surface area (Å²) in [5.74, 6) is 1.91. The lowest BCUT2D eigenvalue weighted by atomic mass is 10.0. The van der Waals surface area contributed by atoms with Crippen molar-refractivity contribution in [2.24, 2.45) is 0 Å². The molecule has 0 aromatic carbocycles. The summed E-state index contributed by atoms with van der Waals surface area (Å²) in [5.41, 5.74) is 3.27. The number of hydrogen-bond donors (Lipinski definition) is 1. The van der Waals surface area contributed by atoms with Crippen molar-refractivity contribution in [2.45, 2.75) is 59.3 Å². The molecule has 1 N–H and O–H groups in total. The summed E-state index contributed by atoms with van der Waals surface area (Å²) in [4.78, 5) is 24.8. The minimum absolute atomic E-state index is 0.139. The van der Waals surface area contributed by atoms with Crippen LogP contribution in [0.25, 0.3) is 6.08 Å². The number of nitrogens with zero attached hydrogens (tertiary/aromatic N) is 3. The number of aromatic nitrogens is 3. The molecule has 2 aromatic rings. The van der Waals surface area contributed by atoms with Gasteiger partial charge >= 0.3 is 0 Å². The first-order valence-electron chi connectivity index (χ1n) is 9.93. The van der Waals surface area contributed by atoms with Gasteiger partial charge in [0.05, 0.1) is 0 Å². The molecule has 0 saturated heterocycles. The fourth-order valence-corrected chi connectivity index (χ4v) is 2.87. The molecule has 27 heavy (non-hydrogen) atoms. The number of allylic oxidation sites excluding steroid dienone is 1. The number of fused-ring (bicyclic) bond motifs is 1. The van der Waals surface area contributed by atoms with Crippen molar-refractivity contribution in [3.8, 4) is 0 Å². The number of hydrogen-bond acceptors (Lipinski definition) is 5. The van der Waals surface area contributed by atoms with Crippen LogP contribution in [-0.2, 0) is 17.6 Å². The van der Waals surface area contributed by atoms with Crippen LogP contribution >= 0.6 is 0 Å². The van der Waals surface area contributed by atoms with E-state index in [0.717, 1.165) is 55.1 Å². The summed E-state index contributed by atoms with van der Waals surface area (Å²) >= 11 is 0. The summed E-state index contributed by atoms with van der Waals surface area (Å²) in [6, 6.07) is 4.30. The Morgan fingerprint density at radius 2 is 1.96 bits per heavy atom. The molecule has 144 valence electrons. The van der Waals surface area contributed by atoms with E-state index in [0.29, 0.717) is 6.42 Å². The quantitative estimate of drug-likeness (QED) is 0.575. The second kappa shape index (κ2) is 11.2. The Kier molecular flexibility index (Phi) is 8.62. The first-order valence-corrected chi connectivity index (χ1v) is 9.93. The number of aryl methyl sites for hydroxylation is 3. The third kappa shape index (κ3) is 6.93. The van der Waals surface area contributed by atoms with E-state index in [1.165, 1.54) is 12.0 Å². The summed E-state index contributed by atoms with van der Waals surface area (Å²) in [5, 5.41) is 3.36.